The molecule has 1 aromatic heterocycles. The van der Waals surface area contributed by atoms with Gasteiger partial charge in [-0.05, 0) is 25.1 Å². The second kappa shape index (κ2) is 8.75. The van der Waals surface area contributed by atoms with Crippen LogP contribution in [0.2, 0.25) is 0 Å². The van der Waals surface area contributed by atoms with Crippen LogP contribution < -0.4 is 0 Å². The Morgan fingerprint density at radius 1 is 1.27 bits per heavy atom. The van der Waals surface area contributed by atoms with Gasteiger partial charge in [0.05, 0.1) is 10.4 Å². The number of fused-ring (bicyclic) bond motifs is 1. The molecule has 26 heavy (non-hydrogen) atoms. The highest BCUT2D eigenvalue weighted by molar-refractivity contribution is 6.05. The Hall–Kier alpha value is -2.48. The third-order valence-electron chi connectivity index (χ3n) is 4.41. The highest BCUT2D eigenvalue weighted by Gasteiger charge is 2.23. The molecule has 1 aromatic carbocycles. The van der Waals surface area contributed by atoms with Crippen molar-refractivity contribution in [3.05, 3.63) is 34.0 Å². The van der Waals surface area contributed by atoms with Gasteiger partial charge in [-0.3, -0.25) is 20.0 Å². The van der Waals surface area contributed by atoms with Crippen molar-refractivity contribution >= 4 is 22.5 Å². The normalized spacial score (nSPS) is 11.5. The lowest BCUT2D eigenvalue weighted by Gasteiger charge is -2.27. The number of aromatic nitrogens is 2. The molecule has 1 N–H and O–H groups in total. The number of non-ortho nitro benzene ring substituents is 1. The number of nitro groups is 1. The molecule has 8 nitrogen and oxygen atoms in total. The molecule has 2 aromatic rings. The molecule has 0 fully saturated rings. The Morgan fingerprint density at radius 2 is 1.96 bits per heavy atom. The van der Waals surface area contributed by atoms with Crippen LogP contribution in [0.1, 0.15) is 38.2 Å². The van der Waals surface area contributed by atoms with E-state index in [4.69, 9.17) is 0 Å². The van der Waals surface area contributed by atoms with E-state index in [0.717, 1.165) is 19.6 Å². The molecule has 0 bridgehead atoms. The molecule has 0 aliphatic heterocycles. The predicted molar refractivity (Wildman–Crippen MR) is 101 cm³/mol. The van der Waals surface area contributed by atoms with Crippen molar-refractivity contribution < 1.29 is 9.72 Å². The average molecular weight is 361 g/mol. The summed E-state index contributed by atoms with van der Waals surface area (Å²) < 4.78 is 0. The number of carbonyl (C=O) groups is 1. The number of nitrogens with zero attached hydrogens (tertiary/aromatic N) is 4. The number of rotatable bonds is 9. The number of hydrogen-bond acceptors (Lipinski definition) is 5. The number of H-pyrrole nitrogens is 1. The molecule has 142 valence electrons. The molecule has 2 rings (SSSR count). The molecule has 0 saturated heterocycles. The lowest BCUT2D eigenvalue weighted by molar-refractivity contribution is -0.384. The van der Waals surface area contributed by atoms with Crippen LogP contribution in [0, 0.1) is 16.0 Å². The van der Waals surface area contributed by atoms with Crippen molar-refractivity contribution in [3.8, 4) is 0 Å². The van der Waals surface area contributed by atoms with Crippen LogP contribution in [0.4, 0.5) is 5.69 Å². The zero-order chi connectivity index (χ0) is 19.3. The molecule has 0 spiro atoms. The smallest absolute Gasteiger partial charge is 0.275 e. The summed E-state index contributed by atoms with van der Waals surface area (Å²) in [5.41, 5.74) is 0.808. The van der Waals surface area contributed by atoms with E-state index in [-0.39, 0.29) is 17.3 Å². The number of nitrogens with one attached hydrogen (secondary N) is 1. The van der Waals surface area contributed by atoms with Gasteiger partial charge < -0.3 is 9.80 Å². The summed E-state index contributed by atoms with van der Waals surface area (Å²) in [5, 5.41) is 18.5. The second-order valence-corrected chi connectivity index (χ2v) is 6.73. The standard InChI is InChI=1S/C18H27N5O3/c1-5-21(6-2)9-10-22(12-13(3)4)18(24)17-15-11-14(23(25)26)7-8-16(15)19-20-17/h7-8,11,13H,5-6,9-10,12H2,1-4H3,(H,19,20). The number of benzene rings is 1. The summed E-state index contributed by atoms with van der Waals surface area (Å²) in [4.78, 5) is 27.7. The first kappa shape index (κ1) is 19.8. The molecule has 0 radical (unpaired) electrons. The summed E-state index contributed by atoms with van der Waals surface area (Å²) in [7, 11) is 0. The quantitative estimate of drug-likeness (QED) is 0.547. The number of amides is 1. The van der Waals surface area contributed by atoms with Crippen LogP contribution >= 0.6 is 0 Å². The van der Waals surface area contributed by atoms with Gasteiger partial charge in [0.25, 0.3) is 11.6 Å². The van der Waals surface area contributed by atoms with Crippen molar-refractivity contribution in [2.75, 3.05) is 32.7 Å². The topological polar surface area (TPSA) is 95.4 Å². The first-order valence-corrected chi connectivity index (χ1v) is 9.01. The van der Waals surface area contributed by atoms with Gasteiger partial charge in [-0.15, -0.1) is 0 Å². The van der Waals surface area contributed by atoms with E-state index in [0.29, 0.717) is 29.9 Å². The van der Waals surface area contributed by atoms with E-state index in [1.807, 2.05) is 0 Å². The molecule has 0 aliphatic carbocycles. The Labute approximate surface area is 153 Å². The molecule has 0 aliphatic rings. The monoisotopic (exact) mass is 361 g/mol. The van der Waals surface area contributed by atoms with Crippen LogP contribution in [0.15, 0.2) is 18.2 Å². The number of nitro benzene ring substituents is 1. The summed E-state index contributed by atoms with van der Waals surface area (Å²) in [5.74, 6) is 0.118. The molecule has 1 amide bonds. The number of likely N-dealkylation sites (N-methyl/N-ethyl adjacent to an activating group) is 1. The van der Waals surface area contributed by atoms with E-state index >= 15 is 0 Å². The highest BCUT2D eigenvalue weighted by Crippen LogP contribution is 2.23. The largest absolute Gasteiger partial charge is 0.336 e. The minimum atomic E-state index is -0.465. The predicted octanol–water partition coefficient (Wildman–Crippen LogP) is 2.91. The fourth-order valence-corrected chi connectivity index (χ4v) is 2.95. The lowest BCUT2D eigenvalue weighted by Crippen LogP contribution is -2.40. The third-order valence-corrected chi connectivity index (χ3v) is 4.41. The van der Waals surface area contributed by atoms with E-state index in [1.54, 1.807) is 11.0 Å². The summed E-state index contributed by atoms with van der Waals surface area (Å²) in [6.07, 6.45) is 0. The van der Waals surface area contributed by atoms with Crippen LogP contribution in [0.5, 0.6) is 0 Å². The fraction of sp³-hybridized carbons (Fsp3) is 0.556. The zero-order valence-corrected chi connectivity index (χ0v) is 15.9. The molecular weight excluding hydrogens is 334 g/mol. The minimum absolute atomic E-state index is 0.0495. The maximum atomic E-state index is 13.1. The first-order valence-electron chi connectivity index (χ1n) is 9.01. The average Bonchev–Trinajstić information content (AvgIpc) is 3.03. The molecule has 1 heterocycles. The minimum Gasteiger partial charge on any atom is -0.336 e. The first-order chi connectivity index (χ1) is 12.4. The van der Waals surface area contributed by atoms with Crippen LogP contribution in [-0.2, 0) is 0 Å². The number of hydrogen-bond donors (Lipinski definition) is 1. The van der Waals surface area contributed by atoms with Crippen LogP contribution in [-0.4, -0.2) is 63.6 Å². The van der Waals surface area contributed by atoms with Crippen molar-refractivity contribution in [3.63, 3.8) is 0 Å². The maximum Gasteiger partial charge on any atom is 0.275 e. The van der Waals surface area contributed by atoms with Crippen LogP contribution in [0.25, 0.3) is 10.9 Å². The van der Waals surface area contributed by atoms with Crippen molar-refractivity contribution in [1.29, 1.82) is 0 Å². The Balaban J connectivity index is 2.30. The molecule has 8 heteroatoms. The van der Waals surface area contributed by atoms with Crippen molar-refractivity contribution in [1.82, 2.24) is 20.0 Å². The lowest BCUT2D eigenvalue weighted by atomic mass is 10.1. The zero-order valence-electron chi connectivity index (χ0n) is 15.9. The van der Waals surface area contributed by atoms with Gasteiger partial charge in [-0.1, -0.05) is 27.7 Å². The molecule has 0 saturated carbocycles. The van der Waals surface area contributed by atoms with E-state index in [1.165, 1.54) is 12.1 Å². The van der Waals surface area contributed by atoms with Gasteiger partial charge in [-0.25, -0.2) is 0 Å². The molecule has 0 unspecified atom stereocenters. The Bertz CT molecular complexity index is 767. The van der Waals surface area contributed by atoms with Gasteiger partial charge in [0.1, 0.15) is 0 Å². The molecular formula is C18H27N5O3. The number of aromatic amines is 1. The van der Waals surface area contributed by atoms with Gasteiger partial charge in [0, 0.05) is 37.2 Å². The summed E-state index contributed by atoms with van der Waals surface area (Å²) in [6.45, 7) is 12.2. The van der Waals surface area contributed by atoms with E-state index < -0.39 is 4.92 Å². The van der Waals surface area contributed by atoms with Crippen molar-refractivity contribution in [2.24, 2.45) is 5.92 Å². The van der Waals surface area contributed by atoms with Crippen LogP contribution in [0.3, 0.4) is 0 Å². The Kier molecular flexibility index (Phi) is 6.68. The molecule has 0 atom stereocenters. The number of carbonyl (C=O) groups excluding carboxylic acids is 1. The maximum absolute atomic E-state index is 13.1. The van der Waals surface area contributed by atoms with Gasteiger partial charge in [0.2, 0.25) is 0 Å². The van der Waals surface area contributed by atoms with Gasteiger partial charge in [0.15, 0.2) is 5.69 Å². The van der Waals surface area contributed by atoms with E-state index in [2.05, 4.69) is 42.8 Å². The fourth-order valence-electron chi connectivity index (χ4n) is 2.95. The highest BCUT2D eigenvalue weighted by atomic mass is 16.6. The van der Waals surface area contributed by atoms with Crippen molar-refractivity contribution in [2.45, 2.75) is 27.7 Å². The van der Waals surface area contributed by atoms with Gasteiger partial charge in [-0.2, -0.15) is 5.10 Å². The Morgan fingerprint density at radius 3 is 2.54 bits per heavy atom. The van der Waals surface area contributed by atoms with Gasteiger partial charge >= 0.3 is 0 Å². The third kappa shape index (κ3) is 4.57. The summed E-state index contributed by atoms with van der Waals surface area (Å²) in [6, 6.07) is 4.39. The van der Waals surface area contributed by atoms with E-state index in [9.17, 15) is 14.9 Å². The SMILES string of the molecule is CCN(CC)CCN(CC(C)C)C(=O)c1n[nH]c2ccc([N+](=O)[O-])cc12. The summed E-state index contributed by atoms with van der Waals surface area (Å²) >= 11 is 0. The second-order valence-electron chi connectivity index (χ2n) is 6.73.